The van der Waals surface area contributed by atoms with E-state index >= 15 is 0 Å². The fourth-order valence-corrected chi connectivity index (χ4v) is 0.865. The van der Waals surface area contributed by atoms with E-state index in [0.29, 0.717) is 0 Å². The largest absolute Gasteiger partial charge is 0.306 e. The van der Waals surface area contributed by atoms with Crippen LogP contribution in [0, 0.1) is 16.0 Å². The van der Waals surface area contributed by atoms with Gasteiger partial charge in [0.2, 0.25) is 0 Å². The minimum Gasteiger partial charge on any atom is -0.258 e. The first kappa shape index (κ1) is 8.62. The van der Waals surface area contributed by atoms with Crippen molar-refractivity contribution < 1.29 is 4.92 Å². The summed E-state index contributed by atoms with van der Waals surface area (Å²) in [5.74, 6) is 0.213. The van der Waals surface area contributed by atoms with Crippen LogP contribution < -0.4 is 0 Å². The molecule has 0 unspecified atom stereocenters. The van der Waals surface area contributed by atoms with Gasteiger partial charge in [-0.2, -0.15) is 0 Å². The molecule has 0 aromatic heterocycles. The van der Waals surface area contributed by atoms with E-state index in [1.807, 2.05) is 13.8 Å². The summed E-state index contributed by atoms with van der Waals surface area (Å²) in [7, 11) is 0. The van der Waals surface area contributed by atoms with Crippen LogP contribution in [0.2, 0.25) is 0 Å². The third kappa shape index (κ3) is 4.14. The lowest BCUT2D eigenvalue weighted by molar-refractivity contribution is -0.409. The molecule has 9 heavy (non-hydrogen) atoms. The smallest absolute Gasteiger partial charge is 0.258 e. The molecule has 52 valence electrons. The molecule has 0 saturated heterocycles. The molecule has 0 aromatic carbocycles. The van der Waals surface area contributed by atoms with Crippen LogP contribution in [-0.4, -0.2) is 4.92 Å². The lowest BCUT2D eigenvalue weighted by atomic mass is 10.2. The molecule has 0 saturated carbocycles. The van der Waals surface area contributed by atoms with Crippen LogP contribution >= 0.6 is 15.9 Å². The number of hydrogen-bond acceptors (Lipinski definition) is 2. The van der Waals surface area contributed by atoms with Gasteiger partial charge in [-0.3, -0.25) is 10.1 Å². The molecule has 3 nitrogen and oxygen atoms in total. The first-order valence-corrected chi connectivity index (χ1v) is 3.35. The van der Waals surface area contributed by atoms with Gasteiger partial charge in [-0.15, -0.1) is 0 Å². The van der Waals surface area contributed by atoms with Crippen LogP contribution in [0.25, 0.3) is 0 Å². The predicted octanol–water partition coefficient (Wildman–Crippen LogP) is 2.16. The van der Waals surface area contributed by atoms with Gasteiger partial charge < -0.3 is 0 Å². The van der Waals surface area contributed by atoms with Gasteiger partial charge in [-0.1, -0.05) is 13.8 Å². The van der Waals surface area contributed by atoms with Crippen molar-refractivity contribution in [2.75, 3.05) is 0 Å². The monoisotopic (exact) mass is 193 g/mol. The minimum absolute atomic E-state index is 0.0394. The van der Waals surface area contributed by atoms with Crippen LogP contribution in [0.15, 0.2) is 10.7 Å². The normalized spacial score (nSPS) is 12.2. The Hall–Kier alpha value is -0.380. The maximum Gasteiger partial charge on any atom is 0.306 e. The first-order valence-electron chi connectivity index (χ1n) is 2.55. The van der Waals surface area contributed by atoms with E-state index < -0.39 is 4.92 Å². The average Bonchev–Trinajstić information content (AvgIpc) is 1.63. The van der Waals surface area contributed by atoms with Gasteiger partial charge >= 0.3 is 4.61 Å². The highest BCUT2D eigenvalue weighted by atomic mass is 79.9. The molecule has 0 fully saturated rings. The molecule has 0 N–H and O–H groups in total. The zero-order valence-electron chi connectivity index (χ0n) is 5.30. The van der Waals surface area contributed by atoms with Crippen molar-refractivity contribution in [2.45, 2.75) is 13.8 Å². The molecule has 0 aliphatic carbocycles. The summed E-state index contributed by atoms with van der Waals surface area (Å²) in [6.45, 7) is 3.76. The Morgan fingerprint density at radius 3 is 2.33 bits per heavy atom. The number of nitro groups is 1. The van der Waals surface area contributed by atoms with Gasteiger partial charge in [0.25, 0.3) is 0 Å². The van der Waals surface area contributed by atoms with E-state index in [4.69, 9.17) is 0 Å². The maximum absolute atomic E-state index is 9.93. The van der Waals surface area contributed by atoms with E-state index in [1.165, 1.54) is 0 Å². The Kier molecular flexibility index (Phi) is 3.46. The van der Waals surface area contributed by atoms with E-state index in [1.54, 1.807) is 6.08 Å². The van der Waals surface area contributed by atoms with Crippen LogP contribution in [0.5, 0.6) is 0 Å². The molecule has 0 aromatic rings. The quantitative estimate of drug-likeness (QED) is 0.384. The fraction of sp³-hybridized carbons (Fsp3) is 0.600. The number of nitrogens with zero attached hydrogens (tertiary/aromatic N) is 1. The zero-order chi connectivity index (χ0) is 7.44. The highest BCUT2D eigenvalue weighted by Gasteiger charge is 2.03. The van der Waals surface area contributed by atoms with Crippen LogP contribution in [-0.2, 0) is 0 Å². The second kappa shape index (κ2) is 3.61. The average molecular weight is 194 g/mol. The van der Waals surface area contributed by atoms with Crippen molar-refractivity contribution >= 4 is 15.9 Å². The van der Waals surface area contributed by atoms with Gasteiger partial charge in [-0.05, 0) is 5.92 Å². The standard InChI is InChI=1S/C5H8BrNO2/c1-4(2)3-5(6)7(8)9/h3-4H,1-2H3. The first-order chi connectivity index (χ1) is 4.04. The SMILES string of the molecule is CC(C)C=C(Br)[N+](=O)[O-]. The molecule has 0 atom stereocenters. The Bertz CT molecular complexity index is 142. The summed E-state index contributed by atoms with van der Waals surface area (Å²) < 4.78 is 0.0394. The summed E-state index contributed by atoms with van der Waals surface area (Å²) >= 11 is 2.80. The maximum atomic E-state index is 9.93. The Morgan fingerprint density at radius 1 is 1.78 bits per heavy atom. The molecule has 0 spiro atoms. The number of rotatable bonds is 2. The molecular formula is C5H8BrNO2. The lowest BCUT2D eigenvalue weighted by Gasteiger charge is -1.90. The Labute approximate surface area is 62.0 Å². The zero-order valence-corrected chi connectivity index (χ0v) is 6.88. The van der Waals surface area contributed by atoms with Gasteiger partial charge in [0.1, 0.15) is 0 Å². The third-order valence-electron chi connectivity index (χ3n) is 0.645. The molecular weight excluding hydrogens is 186 g/mol. The second-order valence-electron chi connectivity index (χ2n) is 1.99. The lowest BCUT2D eigenvalue weighted by Crippen LogP contribution is -1.92. The molecule has 0 amide bonds. The number of halogens is 1. The molecule has 4 heteroatoms. The van der Waals surface area contributed by atoms with Crippen molar-refractivity contribution in [1.29, 1.82) is 0 Å². The van der Waals surface area contributed by atoms with Crippen LogP contribution in [0.4, 0.5) is 0 Å². The van der Waals surface area contributed by atoms with Gasteiger partial charge in [0.05, 0.1) is 4.92 Å². The highest BCUT2D eigenvalue weighted by Crippen LogP contribution is 2.08. The molecule has 0 radical (unpaired) electrons. The fourth-order valence-electron chi connectivity index (χ4n) is 0.336. The van der Waals surface area contributed by atoms with Crippen molar-refractivity contribution in [1.82, 2.24) is 0 Å². The van der Waals surface area contributed by atoms with Gasteiger partial charge in [-0.25, -0.2) is 0 Å². The molecule has 0 aliphatic rings. The predicted molar refractivity (Wildman–Crippen MR) is 38.8 cm³/mol. The summed E-state index contributed by atoms with van der Waals surface area (Å²) in [6.07, 6.45) is 1.54. The Morgan fingerprint density at radius 2 is 2.22 bits per heavy atom. The molecule has 0 aliphatic heterocycles. The summed E-state index contributed by atoms with van der Waals surface area (Å²) in [4.78, 5) is 9.47. The Balaban J connectivity index is 4.00. The van der Waals surface area contributed by atoms with Crippen LogP contribution in [0.3, 0.4) is 0 Å². The second-order valence-corrected chi connectivity index (χ2v) is 2.80. The highest BCUT2D eigenvalue weighted by molar-refractivity contribution is 9.11. The van der Waals surface area contributed by atoms with Gasteiger partial charge in [0.15, 0.2) is 0 Å². The van der Waals surface area contributed by atoms with Crippen LogP contribution in [0.1, 0.15) is 13.8 Å². The van der Waals surface area contributed by atoms with E-state index in [-0.39, 0.29) is 10.5 Å². The van der Waals surface area contributed by atoms with E-state index in [0.717, 1.165) is 0 Å². The summed E-state index contributed by atoms with van der Waals surface area (Å²) in [6, 6.07) is 0. The summed E-state index contributed by atoms with van der Waals surface area (Å²) in [5, 5.41) is 9.93. The number of hydrogen-bond donors (Lipinski definition) is 0. The minimum atomic E-state index is -0.458. The molecule has 0 rings (SSSR count). The topological polar surface area (TPSA) is 43.1 Å². The van der Waals surface area contributed by atoms with Crippen molar-refractivity contribution in [3.05, 3.63) is 20.8 Å². The van der Waals surface area contributed by atoms with E-state index in [2.05, 4.69) is 15.9 Å². The molecule has 0 bridgehead atoms. The van der Waals surface area contributed by atoms with Crippen molar-refractivity contribution in [2.24, 2.45) is 5.92 Å². The third-order valence-corrected chi connectivity index (χ3v) is 1.20. The van der Waals surface area contributed by atoms with Crippen molar-refractivity contribution in [3.63, 3.8) is 0 Å². The van der Waals surface area contributed by atoms with E-state index in [9.17, 15) is 10.1 Å². The van der Waals surface area contributed by atoms with Crippen molar-refractivity contribution in [3.8, 4) is 0 Å². The van der Waals surface area contributed by atoms with Gasteiger partial charge in [0, 0.05) is 22.0 Å². The number of allylic oxidation sites excluding steroid dienone is 1. The summed E-state index contributed by atoms with van der Waals surface area (Å²) in [5.41, 5.74) is 0. The molecule has 0 heterocycles.